The SMILES string of the molecule is CC(C)c1ccc(NCP(C)(C)=O)cc1. The van der Waals surface area contributed by atoms with E-state index < -0.39 is 7.14 Å². The molecule has 0 radical (unpaired) electrons. The van der Waals surface area contributed by atoms with Gasteiger partial charge < -0.3 is 9.88 Å². The van der Waals surface area contributed by atoms with Gasteiger partial charge in [0.15, 0.2) is 0 Å². The van der Waals surface area contributed by atoms with Crippen LogP contribution in [0, 0.1) is 0 Å². The van der Waals surface area contributed by atoms with Gasteiger partial charge in [-0.3, -0.25) is 0 Å². The van der Waals surface area contributed by atoms with Crippen LogP contribution < -0.4 is 5.32 Å². The first-order valence-electron chi connectivity index (χ1n) is 5.26. The normalized spacial score (nSPS) is 11.8. The van der Waals surface area contributed by atoms with Gasteiger partial charge in [-0.25, -0.2) is 0 Å². The molecule has 0 saturated heterocycles. The highest BCUT2D eigenvalue weighted by Crippen LogP contribution is 2.35. The van der Waals surface area contributed by atoms with E-state index in [1.165, 1.54) is 5.56 Å². The third-order valence-corrected chi connectivity index (χ3v) is 3.16. The first-order valence-corrected chi connectivity index (χ1v) is 8.05. The number of rotatable bonds is 4. The number of hydrogen-bond acceptors (Lipinski definition) is 2. The Hall–Kier alpha value is -0.750. The molecule has 0 aliphatic carbocycles. The summed E-state index contributed by atoms with van der Waals surface area (Å²) in [5, 5.41) is 3.19. The fourth-order valence-electron chi connectivity index (χ4n) is 1.27. The largest absolute Gasteiger partial charge is 0.378 e. The Morgan fingerprint density at radius 2 is 1.73 bits per heavy atom. The quantitative estimate of drug-likeness (QED) is 0.789. The number of benzene rings is 1. The van der Waals surface area contributed by atoms with Gasteiger partial charge in [0, 0.05) is 5.69 Å². The van der Waals surface area contributed by atoms with Gasteiger partial charge in [0.1, 0.15) is 0 Å². The first-order chi connectivity index (χ1) is 6.88. The van der Waals surface area contributed by atoms with Crippen LogP contribution in [0.5, 0.6) is 0 Å². The molecule has 0 fully saturated rings. The molecule has 1 aromatic carbocycles. The highest BCUT2D eigenvalue weighted by atomic mass is 31.2. The minimum absolute atomic E-state index is 0.558. The average molecular weight is 225 g/mol. The van der Waals surface area contributed by atoms with Crippen molar-refractivity contribution in [3.63, 3.8) is 0 Å². The van der Waals surface area contributed by atoms with Crippen LogP contribution in [0.4, 0.5) is 5.69 Å². The van der Waals surface area contributed by atoms with Gasteiger partial charge in [-0.15, -0.1) is 0 Å². The van der Waals surface area contributed by atoms with Crippen LogP contribution in [0.3, 0.4) is 0 Å². The van der Waals surface area contributed by atoms with Crippen molar-refractivity contribution in [1.29, 1.82) is 0 Å². The lowest BCUT2D eigenvalue weighted by molar-refractivity contribution is 0.583. The summed E-state index contributed by atoms with van der Waals surface area (Å²) in [6.07, 6.45) is 0.564. The zero-order chi connectivity index (χ0) is 11.5. The molecule has 0 aromatic heterocycles. The summed E-state index contributed by atoms with van der Waals surface area (Å²) in [7, 11) is -1.97. The van der Waals surface area contributed by atoms with E-state index in [0.717, 1.165) is 5.69 Å². The van der Waals surface area contributed by atoms with Crippen LogP contribution in [-0.4, -0.2) is 19.6 Å². The molecule has 0 unspecified atom stereocenters. The van der Waals surface area contributed by atoms with Crippen molar-refractivity contribution in [2.24, 2.45) is 0 Å². The van der Waals surface area contributed by atoms with E-state index in [0.29, 0.717) is 12.2 Å². The Labute approximate surface area is 92.5 Å². The number of anilines is 1. The van der Waals surface area contributed by atoms with Crippen molar-refractivity contribution in [2.45, 2.75) is 19.8 Å². The maximum Gasteiger partial charge on any atom is 0.0999 e. The van der Waals surface area contributed by atoms with Gasteiger partial charge in [0.25, 0.3) is 0 Å². The van der Waals surface area contributed by atoms with E-state index >= 15 is 0 Å². The zero-order valence-electron chi connectivity index (χ0n) is 9.95. The molecule has 0 amide bonds. The molecule has 0 heterocycles. The second-order valence-electron chi connectivity index (χ2n) is 4.69. The van der Waals surface area contributed by atoms with Crippen molar-refractivity contribution in [3.05, 3.63) is 29.8 Å². The van der Waals surface area contributed by atoms with E-state index in [9.17, 15) is 4.57 Å². The topological polar surface area (TPSA) is 29.1 Å². The lowest BCUT2D eigenvalue weighted by Crippen LogP contribution is -2.01. The average Bonchev–Trinajstić information content (AvgIpc) is 2.14. The molecule has 1 N–H and O–H groups in total. The van der Waals surface area contributed by atoms with E-state index in [4.69, 9.17) is 0 Å². The van der Waals surface area contributed by atoms with Gasteiger partial charge in [-0.1, -0.05) is 26.0 Å². The fourth-order valence-corrected chi connectivity index (χ4v) is 1.83. The Morgan fingerprint density at radius 1 is 1.20 bits per heavy atom. The van der Waals surface area contributed by atoms with E-state index in [1.807, 2.05) is 12.1 Å². The Morgan fingerprint density at radius 3 is 2.13 bits per heavy atom. The molecule has 84 valence electrons. The predicted octanol–water partition coefficient (Wildman–Crippen LogP) is 3.80. The van der Waals surface area contributed by atoms with E-state index in [2.05, 4.69) is 31.3 Å². The van der Waals surface area contributed by atoms with Crippen molar-refractivity contribution in [3.8, 4) is 0 Å². The molecule has 15 heavy (non-hydrogen) atoms. The van der Waals surface area contributed by atoms with Crippen LogP contribution in [-0.2, 0) is 4.57 Å². The molecule has 0 spiro atoms. The van der Waals surface area contributed by atoms with Gasteiger partial charge in [-0.2, -0.15) is 0 Å². The summed E-state index contributed by atoms with van der Waals surface area (Å²) >= 11 is 0. The van der Waals surface area contributed by atoms with Crippen molar-refractivity contribution >= 4 is 12.8 Å². The lowest BCUT2D eigenvalue weighted by Gasteiger charge is -2.11. The highest BCUT2D eigenvalue weighted by Gasteiger charge is 2.06. The lowest BCUT2D eigenvalue weighted by atomic mass is 10.0. The van der Waals surface area contributed by atoms with Gasteiger partial charge in [0.2, 0.25) is 0 Å². The molecule has 0 aliphatic rings. The first kappa shape index (κ1) is 12.3. The second kappa shape index (κ2) is 4.85. The zero-order valence-corrected chi connectivity index (χ0v) is 10.8. The summed E-state index contributed by atoms with van der Waals surface area (Å²) < 4.78 is 11.5. The minimum Gasteiger partial charge on any atom is -0.378 e. The molecule has 0 atom stereocenters. The van der Waals surface area contributed by atoms with E-state index in [-0.39, 0.29) is 0 Å². The second-order valence-corrected chi connectivity index (χ2v) is 8.15. The predicted molar refractivity (Wildman–Crippen MR) is 68.5 cm³/mol. The summed E-state index contributed by atoms with van der Waals surface area (Å²) in [5.74, 6) is 0.558. The van der Waals surface area contributed by atoms with Crippen LogP contribution in [0.15, 0.2) is 24.3 Å². The summed E-state index contributed by atoms with van der Waals surface area (Å²) in [4.78, 5) is 0. The number of nitrogens with one attached hydrogen (secondary N) is 1. The van der Waals surface area contributed by atoms with E-state index in [1.54, 1.807) is 13.3 Å². The Balaban J connectivity index is 2.61. The minimum atomic E-state index is -1.97. The molecule has 0 saturated carbocycles. The maximum absolute atomic E-state index is 11.5. The van der Waals surface area contributed by atoms with Crippen molar-refractivity contribution < 1.29 is 4.57 Å². The summed E-state index contributed by atoms with van der Waals surface area (Å²) in [6.45, 7) is 7.94. The number of hydrogen-bond donors (Lipinski definition) is 1. The third-order valence-electron chi connectivity index (χ3n) is 2.24. The van der Waals surface area contributed by atoms with Crippen molar-refractivity contribution in [1.82, 2.24) is 0 Å². The molecule has 1 aromatic rings. The summed E-state index contributed by atoms with van der Waals surface area (Å²) in [6, 6.07) is 8.32. The highest BCUT2D eigenvalue weighted by molar-refractivity contribution is 7.62. The van der Waals surface area contributed by atoms with Crippen molar-refractivity contribution in [2.75, 3.05) is 24.9 Å². The third kappa shape index (κ3) is 4.53. The maximum atomic E-state index is 11.5. The molecule has 3 heteroatoms. The smallest absolute Gasteiger partial charge is 0.0999 e. The molecular weight excluding hydrogens is 205 g/mol. The Kier molecular flexibility index (Phi) is 3.98. The molecule has 2 nitrogen and oxygen atoms in total. The fraction of sp³-hybridized carbons (Fsp3) is 0.500. The van der Waals surface area contributed by atoms with Gasteiger partial charge in [0.05, 0.1) is 13.4 Å². The van der Waals surface area contributed by atoms with Crippen LogP contribution >= 0.6 is 7.14 Å². The monoisotopic (exact) mass is 225 g/mol. The van der Waals surface area contributed by atoms with Gasteiger partial charge in [-0.05, 0) is 36.9 Å². The standard InChI is InChI=1S/C12H20NOP/c1-10(2)11-5-7-12(8-6-11)13-9-15(3,4)14/h5-8,10,13H,9H2,1-4H3. The summed E-state index contributed by atoms with van der Waals surface area (Å²) in [5.41, 5.74) is 2.38. The molecule has 1 rings (SSSR count). The molecule has 0 aliphatic heterocycles. The molecule has 0 bridgehead atoms. The molecular formula is C12H20NOP. The Bertz CT molecular complexity index is 350. The van der Waals surface area contributed by atoms with Crippen LogP contribution in [0.1, 0.15) is 25.3 Å². The van der Waals surface area contributed by atoms with Crippen LogP contribution in [0.25, 0.3) is 0 Å². The van der Waals surface area contributed by atoms with Crippen LogP contribution in [0.2, 0.25) is 0 Å². The van der Waals surface area contributed by atoms with Gasteiger partial charge >= 0.3 is 0 Å².